The topological polar surface area (TPSA) is 128 Å². The lowest BCUT2D eigenvalue weighted by atomic mass is 10.2. The number of halogens is 2. The zero-order valence-electron chi connectivity index (χ0n) is 21.4. The van der Waals surface area contributed by atoms with Crippen LogP contribution in [0.4, 0.5) is 20.2 Å². The van der Waals surface area contributed by atoms with E-state index < -0.39 is 37.9 Å². The molecule has 0 radical (unpaired) electrons. The van der Waals surface area contributed by atoms with Crippen molar-refractivity contribution in [3.8, 4) is 11.4 Å². The zero-order chi connectivity index (χ0) is 28.4. The number of rotatable bonds is 8. The van der Waals surface area contributed by atoms with Gasteiger partial charge >= 0.3 is 5.56 Å². The Morgan fingerprint density at radius 3 is 2.33 bits per heavy atom. The van der Waals surface area contributed by atoms with Gasteiger partial charge in [-0.2, -0.15) is 14.1 Å². The van der Waals surface area contributed by atoms with E-state index in [0.717, 1.165) is 42.5 Å². The predicted molar refractivity (Wildman–Crippen MR) is 142 cm³/mol. The van der Waals surface area contributed by atoms with Crippen LogP contribution < -0.4 is 15.2 Å². The average molecular weight is 576 g/mol. The van der Waals surface area contributed by atoms with Gasteiger partial charge in [-0.1, -0.05) is 18.2 Å². The highest BCUT2D eigenvalue weighted by Gasteiger charge is 2.32. The normalized spacial score (nSPS) is 16.8. The van der Waals surface area contributed by atoms with E-state index in [4.69, 9.17) is 4.74 Å². The predicted octanol–water partition coefficient (Wildman–Crippen LogP) is 3.39. The summed E-state index contributed by atoms with van der Waals surface area (Å²) >= 11 is 0. The van der Waals surface area contributed by atoms with Crippen LogP contribution >= 0.6 is 0 Å². The van der Waals surface area contributed by atoms with Gasteiger partial charge in [0, 0.05) is 43.9 Å². The number of piperazine rings is 1. The fraction of sp³-hybridized carbons (Fsp3) is 0.385. The number of hydrogen-bond donors (Lipinski definition) is 0. The molecule has 5 rings (SSSR count). The van der Waals surface area contributed by atoms with E-state index in [1.165, 1.54) is 28.7 Å². The van der Waals surface area contributed by atoms with E-state index >= 15 is 0 Å². The Hall–Kier alpha value is -3.91. The minimum Gasteiger partial charge on any atom is -0.483 e. The molecule has 2 aliphatic rings. The summed E-state index contributed by atoms with van der Waals surface area (Å²) in [6.45, 7) is 0.557. The van der Waals surface area contributed by atoms with E-state index in [9.17, 15) is 32.1 Å². The SMILES string of the molecule is O=c1c(OC2CCCC2)c(N2CCN(S(=O)(=O)Cc3ccccc3[N+](=O)[O-])CC2)cnn1-c1cc(F)cc(F)c1. The van der Waals surface area contributed by atoms with Gasteiger partial charge in [0.25, 0.3) is 5.69 Å². The highest BCUT2D eigenvalue weighted by molar-refractivity contribution is 7.88. The molecule has 1 aliphatic heterocycles. The van der Waals surface area contributed by atoms with Crippen molar-refractivity contribution in [2.75, 3.05) is 31.1 Å². The number of ether oxygens (including phenoxy) is 1. The summed E-state index contributed by atoms with van der Waals surface area (Å²) in [6, 6.07) is 8.41. The van der Waals surface area contributed by atoms with Crippen LogP contribution in [-0.4, -0.2) is 59.7 Å². The molecule has 0 N–H and O–H groups in total. The summed E-state index contributed by atoms with van der Waals surface area (Å²) in [5, 5.41) is 15.5. The average Bonchev–Trinajstić information content (AvgIpc) is 3.42. The number of nitro groups is 1. The van der Waals surface area contributed by atoms with Crippen molar-refractivity contribution in [2.24, 2.45) is 0 Å². The summed E-state index contributed by atoms with van der Waals surface area (Å²) in [4.78, 5) is 26.0. The second kappa shape index (κ2) is 11.3. The first-order valence-electron chi connectivity index (χ1n) is 12.8. The van der Waals surface area contributed by atoms with Gasteiger partial charge in [-0.05, 0) is 37.8 Å². The van der Waals surface area contributed by atoms with Crippen molar-refractivity contribution in [1.82, 2.24) is 14.1 Å². The Morgan fingerprint density at radius 2 is 1.68 bits per heavy atom. The molecule has 1 aliphatic carbocycles. The molecule has 11 nitrogen and oxygen atoms in total. The molecule has 212 valence electrons. The van der Waals surface area contributed by atoms with Crippen molar-refractivity contribution in [3.05, 3.63) is 86.3 Å². The standard InChI is InChI=1S/C26H27F2N5O6S/c27-19-13-20(28)15-21(14-19)32-26(34)25(39-22-6-2-3-7-22)24(16-29-32)30-9-11-31(12-10-30)40(37,38)17-18-5-1-4-8-23(18)33(35)36/h1,4-5,8,13-16,22H,2-3,6-7,9-12,17H2. The van der Waals surface area contributed by atoms with E-state index in [1.807, 2.05) is 0 Å². The fourth-order valence-corrected chi connectivity index (χ4v) is 6.63. The first-order chi connectivity index (χ1) is 19.1. The van der Waals surface area contributed by atoms with Crippen molar-refractivity contribution in [3.63, 3.8) is 0 Å². The van der Waals surface area contributed by atoms with E-state index in [-0.39, 0.29) is 55.0 Å². The van der Waals surface area contributed by atoms with Gasteiger partial charge in [0.15, 0.2) is 0 Å². The number of para-hydroxylation sites is 1. The van der Waals surface area contributed by atoms with Gasteiger partial charge in [-0.3, -0.25) is 14.9 Å². The summed E-state index contributed by atoms with van der Waals surface area (Å²) in [7, 11) is -3.87. The first kappa shape index (κ1) is 27.6. The molecule has 14 heteroatoms. The van der Waals surface area contributed by atoms with E-state index in [2.05, 4.69) is 5.10 Å². The molecule has 1 aromatic heterocycles. The number of nitrogens with zero attached hydrogens (tertiary/aromatic N) is 5. The van der Waals surface area contributed by atoms with Gasteiger partial charge in [-0.15, -0.1) is 0 Å². The smallest absolute Gasteiger partial charge is 0.316 e. The van der Waals surface area contributed by atoms with Crippen LogP contribution in [0.25, 0.3) is 5.69 Å². The fourth-order valence-electron chi connectivity index (χ4n) is 5.09. The molecular formula is C26H27F2N5O6S. The number of hydrogen-bond acceptors (Lipinski definition) is 8. The van der Waals surface area contributed by atoms with Gasteiger partial charge in [0.05, 0.1) is 28.7 Å². The monoisotopic (exact) mass is 575 g/mol. The Bertz CT molecular complexity index is 1560. The molecule has 0 amide bonds. The van der Waals surface area contributed by atoms with Gasteiger partial charge in [0.1, 0.15) is 17.3 Å². The van der Waals surface area contributed by atoms with Crippen LogP contribution in [0.2, 0.25) is 0 Å². The molecule has 2 heterocycles. The highest BCUT2D eigenvalue weighted by Crippen LogP contribution is 2.31. The van der Waals surface area contributed by atoms with Crippen LogP contribution in [0.1, 0.15) is 31.2 Å². The van der Waals surface area contributed by atoms with Crippen molar-refractivity contribution in [2.45, 2.75) is 37.5 Å². The summed E-state index contributed by atoms with van der Waals surface area (Å²) in [6.07, 6.45) is 4.59. The third-order valence-electron chi connectivity index (χ3n) is 7.09. The molecule has 0 spiro atoms. The lowest BCUT2D eigenvalue weighted by molar-refractivity contribution is -0.385. The lowest BCUT2D eigenvalue weighted by Crippen LogP contribution is -2.49. The quantitative estimate of drug-likeness (QED) is 0.295. The van der Waals surface area contributed by atoms with E-state index in [0.29, 0.717) is 11.8 Å². The Labute approximate surface area is 228 Å². The summed E-state index contributed by atoms with van der Waals surface area (Å²) < 4.78 is 62.2. The van der Waals surface area contributed by atoms with Crippen LogP contribution in [0.5, 0.6) is 5.75 Å². The number of benzene rings is 2. The van der Waals surface area contributed by atoms with Gasteiger partial charge in [-0.25, -0.2) is 17.2 Å². The van der Waals surface area contributed by atoms with Gasteiger partial charge in [0.2, 0.25) is 15.8 Å². The minimum atomic E-state index is -3.87. The Balaban J connectivity index is 1.39. The van der Waals surface area contributed by atoms with Crippen molar-refractivity contribution < 1.29 is 26.9 Å². The molecule has 3 aromatic rings. The van der Waals surface area contributed by atoms with Crippen LogP contribution in [0, 0.1) is 21.7 Å². The summed E-state index contributed by atoms with van der Waals surface area (Å²) in [5.74, 6) is -2.24. The number of anilines is 1. The molecular weight excluding hydrogens is 548 g/mol. The zero-order valence-corrected chi connectivity index (χ0v) is 22.2. The Kier molecular flexibility index (Phi) is 7.81. The van der Waals surface area contributed by atoms with E-state index in [1.54, 1.807) is 11.0 Å². The van der Waals surface area contributed by atoms with Crippen LogP contribution in [0.15, 0.2) is 53.5 Å². The van der Waals surface area contributed by atoms with Crippen LogP contribution in [0.3, 0.4) is 0 Å². The number of nitro benzene ring substituents is 1. The molecule has 0 bridgehead atoms. The first-order valence-corrected chi connectivity index (χ1v) is 14.4. The van der Waals surface area contributed by atoms with Crippen molar-refractivity contribution in [1.29, 1.82) is 0 Å². The minimum absolute atomic E-state index is 0.0113. The molecule has 1 saturated heterocycles. The molecule has 0 unspecified atom stereocenters. The molecule has 2 aromatic carbocycles. The second-order valence-electron chi connectivity index (χ2n) is 9.76. The third-order valence-corrected chi connectivity index (χ3v) is 8.92. The maximum absolute atomic E-state index is 13.9. The number of aromatic nitrogens is 2. The maximum atomic E-state index is 13.9. The van der Waals surface area contributed by atoms with Crippen molar-refractivity contribution >= 4 is 21.4 Å². The molecule has 1 saturated carbocycles. The molecule has 2 fully saturated rings. The third kappa shape index (κ3) is 5.82. The summed E-state index contributed by atoms with van der Waals surface area (Å²) in [5.41, 5.74) is -0.565. The maximum Gasteiger partial charge on any atom is 0.316 e. The van der Waals surface area contributed by atoms with Crippen LogP contribution in [-0.2, 0) is 15.8 Å². The largest absolute Gasteiger partial charge is 0.483 e. The lowest BCUT2D eigenvalue weighted by Gasteiger charge is -2.36. The molecule has 40 heavy (non-hydrogen) atoms. The van der Waals surface area contributed by atoms with Gasteiger partial charge < -0.3 is 9.64 Å². The Morgan fingerprint density at radius 1 is 1.02 bits per heavy atom. The molecule has 0 atom stereocenters. The second-order valence-corrected chi connectivity index (χ2v) is 11.7. The highest BCUT2D eigenvalue weighted by atomic mass is 32.2. The number of sulfonamides is 1.